The normalized spacial score (nSPS) is 16.1. The van der Waals surface area contributed by atoms with Gasteiger partial charge in [0.2, 0.25) is 5.91 Å². The van der Waals surface area contributed by atoms with Gasteiger partial charge in [-0.2, -0.15) is 0 Å². The van der Waals surface area contributed by atoms with Gasteiger partial charge >= 0.3 is 5.97 Å². The van der Waals surface area contributed by atoms with Gasteiger partial charge in [-0.25, -0.2) is 0 Å². The van der Waals surface area contributed by atoms with Crippen LogP contribution < -0.4 is 5.32 Å². The molecule has 1 aliphatic rings. The van der Waals surface area contributed by atoms with Crippen LogP contribution in [0.15, 0.2) is 17.5 Å². The molecule has 2 rings (SSSR count). The second-order valence-corrected chi connectivity index (χ2v) is 6.13. The van der Waals surface area contributed by atoms with Crippen molar-refractivity contribution in [2.24, 2.45) is 0 Å². The standard InChI is InChI=1S/C14H20N2O3S/c1-10(12-3-2-8-20-12)15-13(17)9-16(11-4-5-11)7-6-14(18)19/h2-3,8,10-11H,4-7,9H2,1H3,(H,15,17)(H,18,19). The second kappa shape index (κ2) is 6.85. The number of rotatable bonds is 8. The Bertz CT molecular complexity index is 457. The van der Waals surface area contributed by atoms with E-state index in [4.69, 9.17) is 5.11 Å². The van der Waals surface area contributed by atoms with Crippen molar-refractivity contribution in [1.82, 2.24) is 10.2 Å². The largest absolute Gasteiger partial charge is 0.481 e. The van der Waals surface area contributed by atoms with Gasteiger partial charge in [0.05, 0.1) is 19.0 Å². The van der Waals surface area contributed by atoms with Crippen molar-refractivity contribution < 1.29 is 14.7 Å². The Balaban J connectivity index is 1.80. The van der Waals surface area contributed by atoms with Crippen molar-refractivity contribution in [2.75, 3.05) is 13.1 Å². The zero-order valence-electron chi connectivity index (χ0n) is 11.5. The summed E-state index contributed by atoms with van der Waals surface area (Å²) >= 11 is 1.62. The third kappa shape index (κ3) is 4.61. The molecule has 1 aromatic rings. The van der Waals surface area contributed by atoms with Gasteiger partial charge in [-0.15, -0.1) is 11.3 Å². The molecule has 1 fully saturated rings. The third-order valence-corrected chi connectivity index (χ3v) is 4.43. The number of carbonyl (C=O) groups excluding carboxylic acids is 1. The summed E-state index contributed by atoms with van der Waals surface area (Å²) in [5.41, 5.74) is 0. The van der Waals surface area contributed by atoms with E-state index in [0.717, 1.165) is 17.7 Å². The van der Waals surface area contributed by atoms with E-state index in [9.17, 15) is 9.59 Å². The predicted octanol–water partition coefficient (Wildman–Crippen LogP) is 1.86. The number of carboxylic acids is 1. The van der Waals surface area contributed by atoms with Crippen molar-refractivity contribution in [1.29, 1.82) is 0 Å². The summed E-state index contributed by atoms with van der Waals surface area (Å²) in [4.78, 5) is 25.8. The highest BCUT2D eigenvalue weighted by atomic mass is 32.1. The Kier molecular flexibility index (Phi) is 5.14. The Morgan fingerprint density at radius 3 is 2.85 bits per heavy atom. The SMILES string of the molecule is CC(NC(=O)CN(CCC(=O)O)C1CC1)c1cccs1. The van der Waals surface area contributed by atoms with Crippen LogP contribution >= 0.6 is 11.3 Å². The van der Waals surface area contributed by atoms with Gasteiger partial charge in [0, 0.05) is 17.5 Å². The average molecular weight is 296 g/mol. The first-order valence-corrected chi connectivity index (χ1v) is 7.73. The molecule has 1 atom stereocenters. The number of carbonyl (C=O) groups is 2. The first-order valence-electron chi connectivity index (χ1n) is 6.85. The number of aliphatic carboxylic acids is 1. The molecule has 0 aromatic carbocycles. The average Bonchev–Trinajstić information content (AvgIpc) is 3.08. The van der Waals surface area contributed by atoms with Gasteiger partial charge in [0.15, 0.2) is 0 Å². The van der Waals surface area contributed by atoms with Crippen molar-refractivity contribution in [3.05, 3.63) is 22.4 Å². The van der Waals surface area contributed by atoms with Crippen LogP contribution in [0.25, 0.3) is 0 Å². The molecule has 0 bridgehead atoms. The molecular formula is C14H20N2O3S. The van der Waals surface area contributed by atoms with E-state index in [1.165, 1.54) is 0 Å². The molecule has 1 aromatic heterocycles. The highest BCUT2D eigenvalue weighted by Gasteiger charge is 2.30. The van der Waals surface area contributed by atoms with E-state index in [-0.39, 0.29) is 24.9 Å². The summed E-state index contributed by atoms with van der Waals surface area (Å²) in [6.45, 7) is 2.69. The fourth-order valence-electron chi connectivity index (χ4n) is 2.15. The fourth-order valence-corrected chi connectivity index (χ4v) is 2.88. The number of nitrogens with zero attached hydrogens (tertiary/aromatic N) is 1. The molecule has 20 heavy (non-hydrogen) atoms. The molecule has 0 spiro atoms. The van der Waals surface area contributed by atoms with Gasteiger partial charge in [-0.1, -0.05) is 6.07 Å². The molecule has 1 aliphatic carbocycles. The molecule has 1 heterocycles. The van der Waals surface area contributed by atoms with Crippen LogP contribution in [0.3, 0.4) is 0 Å². The van der Waals surface area contributed by atoms with E-state index in [1.54, 1.807) is 11.3 Å². The van der Waals surface area contributed by atoms with Gasteiger partial charge in [-0.3, -0.25) is 14.5 Å². The number of carboxylic acid groups (broad SMARTS) is 1. The van der Waals surface area contributed by atoms with Gasteiger partial charge < -0.3 is 10.4 Å². The number of hydrogen-bond acceptors (Lipinski definition) is 4. The Hall–Kier alpha value is -1.40. The number of hydrogen-bond donors (Lipinski definition) is 2. The topological polar surface area (TPSA) is 69.6 Å². The highest BCUT2D eigenvalue weighted by Crippen LogP contribution is 2.26. The zero-order chi connectivity index (χ0) is 14.5. The lowest BCUT2D eigenvalue weighted by Crippen LogP contribution is -2.40. The molecule has 0 aliphatic heterocycles. The number of thiophene rings is 1. The first-order chi connectivity index (χ1) is 9.56. The van der Waals surface area contributed by atoms with Crippen LogP contribution in [0.4, 0.5) is 0 Å². The Labute approximate surface area is 122 Å². The zero-order valence-corrected chi connectivity index (χ0v) is 12.4. The van der Waals surface area contributed by atoms with Crippen molar-refractivity contribution in [3.8, 4) is 0 Å². The molecule has 110 valence electrons. The summed E-state index contributed by atoms with van der Waals surface area (Å²) in [7, 11) is 0. The van der Waals surface area contributed by atoms with E-state index in [0.29, 0.717) is 12.6 Å². The van der Waals surface area contributed by atoms with E-state index in [2.05, 4.69) is 5.32 Å². The van der Waals surface area contributed by atoms with Crippen LogP contribution in [0, 0.1) is 0 Å². The molecule has 2 N–H and O–H groups in total. The van der Waals surface area contributed by atoms with Crippen LogP contribution in [0.1, 0.15) is 37.1 Å². The minimum atomic E-state index is -0.817. The number of nitrogens with one attached hydrogen (secondary N) is 1. The quantitative estimate of drug-likeness (QED) is 0.768. The van der Waals surface area contributed by atoms with Crippen LogP contribution in [-0.2, 0) is 9.59 Å². The van der Waals surface area contributed by atoms with Gasteiger partial charge in [0.1, 0.15) is 0 Å². The summed E-state index contributed by atoms with van der Waals surface area (Å²) in [5, 5.41) is 13.7. The molecule has 6 heteroatoms. The van der Waals surface area contributed by atoms with Crippen molar-refractivity contribution >= 4 is 23.2 Å². The highest BCUT2D eigenvalue weighted by molar-refractivity contribution is 7.10. The predicted molar refractivity (Wildman–Crippen MR) is 77.7 cm³/mol. The maximum absolute atomic E-state index is 12.0. The molecular weight excluding hydrogens is 276 g/mol. The summed E-state index contributed by atoms with van der Waals surface area (Å²) in [6, 6.07) is 4.35. The van der Waals surface area contributed by atoms with Crippen molar-refractivity contribution in [3.63, 3.8) is 0 Å². The monoisotopic (exact) mass is 296 g/mol. The molecule has 1 amide bonds. The molecule has 1 saturated carbocycles. The summed E-state index contributed by atoms with van der Waals surface area (Å²) in [5.74, 6) is -0.855. The third-order valence-electron chi connectivity index (χ3n) is 3.37. The smallest absolute Gasteiger partial charge is 0.304 e. The van der Waals surface area contributed by atoms with E-state index >= 15 is 0 Å². The lowest BCUT2D eigenvalue weighted by Gasteiger charge is -2.21. The minimum Gasteiger partial charge on any atom is -0.481 e. The lowest BCUT2D eigenvalue weighted by atomic mass is 10.2. The summed E-state index contributed by atoms with van der Waals surface area (Å²) in [6.07, 6.45) is 2.21. The summed E-state index contributed by atoms with van der Waals surface area (Å²) < 4.78 is 0. The molecule has 0 radical (unpaired) electrons. The van der Waals surface area contributed by atoms with Crippen LogP contribution in [0.2, 0.25) is 0 Å². The maximum Gasteiger partial charge on any atom is 0.304 e. The van der Waals surface area contributed by atoms with Crippen LogP contribution in [0.5, 0.6) is 0 Å². The van der Waals surface area contributed by atoms with Crippen molar-refractivity contribution in [2.45, 2.75) is 38.3 Å². The first kappa shape index (κ1) is 15.0. The Morgan fingerprint density at radius 1 is 1.55 bits per heavy atom. The van der Waals surface area contributed by atoms with Gasteiger partial charge in [0.25, 0.3) is 0 Å². The fraction of sp³-hybridized carbons (Fsp3) is 0.571. The van der Waals surface area contributed by atoms with Gasteiger partial charge in [-0.05, 0) is 31.2 Å². The van der Waals surface area contributed by atoms with Crippen LogP contribution in [-0.4, -0.2) is 41.0 Å². The molecule has 0 saturated heterocycles. The minimum absolute atomic E-state index is 0.00280. The number of amides is 1. The molecule has 1 unspecified atom stereocenters. The Morgan fingerprint density at radius 2 is 2.30 bits per heavy atom. The second-order valence-electron chi connectivity index (χ2n) is 5.15. The molecule has 5 nitrogen and oxygen atoms in total. The van der Waals surface area contributed by atoms with E-state index in [1.807, 2.05) is 29.3 Å². The van der Waals surface area contributed by atoms with E-state index < -0.39 is 5.97 Å². The maximum atomic E-state index is 12.0. The lowest BCUT2D eigenvalue weighted by molar-refractivity contribution is -0.137.